The first-order valence-corrected chi connectivity index (χ1v) is 17.7. The fourth-order valence-electron chi connectivity index (χ4n) is 2.63. The number of aliphatic carboxylic acids is 1. The molecule has 0 bridgehead atoms. The molecule has 7 heteroatoms. The van der Waals surface area contributed by atoms with Crippen molar-refractivity contribution < 1.29 is 28.3 Å². The average Bonchev–Trinajstić information content (AvgIpc) is 2.80. The van der Waals surface area contributed by atoms with Crippen molar-refractivity contribution in [1.82, 2.24) is 0 Å². The molecule has 0 aromatic rings. The van der Waals surface area contributed by atoms with Crippen molar-refractivity contribution in [3.8, 4) is 0 Å². The van der Waals surface area contributed by atoms with E-state index in [-0.39, 0.29) is 19.8 Å². The fraction of sp³-hybridized carbons (Fsp3) is 0.880. The van der Waals surface area contributed by atoms with E-state index >= 15 is 0 Å². The van der Waals surface area contributed by atoms with Crippen LogP contribution in [0.4, 0.5) is 0 Å². The molecule has 0 aromatic carbocycles. The van der Waals surface area contributed by atoms with Crippen molar-refractivity contribution >= 4 is 25.7 Å². The second-order valence-corrected chi connectivity index (χ2v) is 14.3. The summed E-state index contributed by atoms with van der Waals surface area (Å²) in [7, 11) is 0. The maximum absolute atomic E-state index is 11.2. The molecule has 0 unspecified atom stereocenters. The zero-order chi connectivity index (χ0) is 25.1. The van der Waals surface area contributed by atoms with Crippen molar-refractivity contribution in [2.45, 2.75) is 113 Å². The minimum absolute atomic E-state index is 0.156. The molecule has 0 aliphatic rings. The van der Waals surface area contributed by atoms with E-state index in [4.69, 9.17) is 20.4 Å². The molecule has 0 aromatic heterocycles. The SMILES string of the molecule is C=CCCCCCCCCC(=O)O.CCC(CO)(CO)CO.CCC[CH2][Sn](=[O])[CH2]CCC. The Hall–Kier alpha value is -0.311. The van der Waals surface area contributed by atoms with Gasteiger partial charge in [0.1, 0.15) is 0 Å². The van der Waals surface area contributed by atoms with Gasteiger partial charge in [0.05, 0.1) is 19.8 Å². The number of unbranched alkanes of at least 4 members (excludes halogenated alkanes) is 8. The fourth-order valence-corrected chi connectivity index (χ4v) is 7.61. The topological polar surface area (TPSA) is 115 Å². The summed E-state index contributed by atoms with van der Waals surface area (Å²) in [5.41, 5.74) is -0.667. The first kappa shape index (κ1) is 36.3. The molecule has 0 saturated carbocycles. The van der Waals surface area contributed by atoms with Crippen LogP contribution >= 0.6 is 0 Å². The Morgan fingerprint density at radius 2 is 1.25 bits per heavy atom. The Labute approximate surface area is 204 Å². The molecule has 0 atom stereocenters. The molecule has 0 heterocycles. The van der Waals surface area contributed by atoms with Crippen LogP contribution < -0.4 is 0 Å². The standard InChI is InChI=1S/C11H20O2.C6H14O3.2C4H9.O.Sn/c1-2-3-4-5-6-7-8-9-10-11(12)13;1-2-6(3-7,4-8)5-9;2*1-3-4-2;;/h2H,1,3-10H2,(H,12,13);7-9H,2-5H2,1H3;2*1,3-4H2,2H3;;. The number of aliphatic hydroxyl groups excluding tert-OH is 3. The van der Waals surface area contributed by atoms with Crippen molar-refractivity contribution in [3.05, 3.63) is 12.7 Å². The molecule has 0 aliphatic heterocycles. The van der Waals surface area contributed by atoms with Gasteiger partial charge in [-0.15, -0.1) is 6.58 Å². The van der Waals surface area contributed by atoms with Crippen LogP contribution in [0.1, 0.15) is 104 Å². The number of carboxylic acids is 1. The average molecular weight is 567 g/mol. The number of rotatable bonds is 19. The minimum atomic E-state index is -1.99. The molecule has 0 rings (SSSR count). The number of hydrogen-bond donors (Lipinski definition) is 4. The third kappa shape index (κ3) is 27.7. The van der Waals surface area contributed by atoms with E-state index < -0.39 is 31.1 Å². The quantitative estimate of drug-likeness (QED) is 0.0899. The van der Waals surface area contributed by atoms with Crippen LogP contribution in [0.25, 0.3) is 0 Å². The van der Waals surface area contributed by atoms with Crippen LogP contribution in [0.15, 0.2) is 12.7 Å². The first-order valence-electron chi connectivity index (χ1n) is 12.5. The molecule has 4 N–H and O–H groups in total. The van der Waals surface area contributed by atoms with Gasteiger partial charge in [-0.3, -0.25) is 4.79 Å². The summed E-state index contributed by atoms with van der Waals surface area (Å²) >= 11 is -1.99. The van der Waals surface area contributed by atoms with Crippen LogP contribution in [0.2, 0.25) is 8.87 Å². The predicted octanol–water partition coefficient (Wildman–Crippen LogP) is 5.75. The summed E-state index contributed by atoms with van der Waals surface area (Å²) in [6.45, 7) is 9.34. The van der Waals surface area contributed by atoms with Gasteiger partial charge in [-0.05, 0) is 25.7 Å². The van der Waals surface area contributed by atoms with E-state index in [0.717, 1.165) is 28.1 Å². The van der Waals surface area contributed by atoms with Gasteiger partial charge in [-0.1, -0.05) is 38.7 Å². The van der Waals surface area contributed by atoms with Crippen LogP contribution in [0.5, 0.6) is 0 Å². The Kier molecular flexibility index (Phi) is 32.5. The molecule has 0 radical (unpaired) electrons. The van der Waals surface area contributed by atoms with Gasteiger partial charge < -0.3 is 20.4 Å². The summed E-state index contributed by atoms with van der Waals surface area (Å²) in [4.78, 5) is 10.2. The van der Waals surface area contributed by atoms with E-state index in [2.05, 4.69) is 20.4 Å². The van der Waals surface area contributed by atoms with Crippen LogP contribution in [-0.4, -0.2) is 66.0 Å². The summed E-state index contributed by atoms with van der Waals surface area (Å²) in [6, 6.07) is 0. The normalized spacial score (nSPS) is 10.4. The Balaban J connectivity index is -0.000000403. The molecule has 0 spiro atoms. The molecule has 0 saturated heterocycles. The summed E-state index contributed by atoms with van der Waals surface area (Å²) in [5, 5.41) is 34.3. The van der Waals surface area contributed by atoms with Gasteiger partial charge in [-0.2, -0.15) is 0 Å². The van der Waals surface area contributed by atoms with E-state index in [1.807, 2.05) is 13.0 Å². The molecule has 6 nitrogen and oxygen atoms in total. The van der Waals surface area contributed by atoms with Crippen molar-refractivity contribution in [2.24, 2.45) is 5.41 Å². The van der Waals surface area contributed by atoms with Crippen LogP contribution in [0.3, 0.4) is 0 Å². The van der Waals surface area contributed by atoms with Crippen molar-refractivity contribution in [1.29, 1.82) is 0 Å². The van der Waals surface area contributed by atoms with E-state index in [1.165, 1.54) is 51.4 Å². The molecular formula is C25H52O6Sn. The molecule has 192 valence electrons. The number of aliphatic hydroxyl groups is 3. The predicted molar refractivity (Wildman–Crippen MR) is 135 cm³/mol. The third-order valence-electron chi connectivity index (χ3n) is 5.42. The number of carbonyl (C=O) groups is 1. The zero-order valence-electron chi connectivity index (χ0n) is 21.1. The Morgan fingerprint density at radius 3 is 1.56 bits per heavy atom. The van der Waals surface area contributed by atoms with Gasteiger partial charge >= 0.3 is 77.2 Å². The van der Waals surface area contributed by atoms with Gasteiger partial charge in [0.2, 0.25) is 0 Å². The summed E-state index contributed by atoms with van der Waals surface area (Å²) < 4.78 is 13.4. The van der Waals surface area contributed by atoms with E-state index in [0.29, 0.717) is 12.8 Å². The van der Waals surface area contributed by atoms with Crippen LogP contribution in [-0.2, 0) is 7.87 Å². The molecule has 32 heavy (non-hydrogen) atoms. The zero-order valence-corrected chi connectivity index (χ0v) is 24.0. The maximum atomic E-state index is 11.2. The Morgan fingerprint density at radius 1 is 0.812 bits per heavy atom. The molecule has 0 aliphatic carbocycles. The number of carboxylic acid groups (broad SMARTS) is 1. The number of hydrogen-bond acceptors (Lipinski definition) is 5. The van der Waals surface area contributed by atoms with Gasteiger partial charge in [-0.25, -0.2) is 0 Å². The molecule has 0 fully saturated rings. The van der Waals surface area contributed by atoms with Crippen molar-refractivity contribution in [3.63, 3.8) is 0 Å². The third-order valence-corrected chi connectivity index (χ3v) is 10.6. The number of allylic oxidation sites excluding steroid dienone is 1. The van der Waals surface area contributed by atoms with Crippen molar-refractivity contribution in [2.75, 3.05) is 19.8 Å². The van der Waals surface area contributed by atoms with E-state index in [1.54, 1.807) is 0 Å². The van der Waals surface area contributed by atoms with Crippen LogP contribution in [0, 0.1) is 5.41 Å². The second kappa shape index (κ2) is 28.7. The van der Waals surface area contributed by atoms with Gasteiger partial charge in [0.25, 0.3) is 0 Å². The molecular weight excluding hydrogens is 515 g/mol. The summed E-state index contributed by atoms with van der Waals surface area (Å²) in [6.07, 6.45) is 15.5. The second-order valence-electron chi connectivity index (χ2n) is 8.42. The first-order chi connectivity index (χ1) is 15.3. The van der Waals surface area contributed by atoms with E-state index in [9.17, 15) is 7.87 Å². The molecule has 0 amide bonds. The Bertz CT molecular complexity index is 397. The van der Waals surface area contributed by atoms with Gasteiger partial charge in [0, 0.05) is 11.8 Å². The van der Waals surface area contributed by atoms with Gasteiger partial charge in [0.15, 0.2) is 0 Å². The summed E-state index contributed by atoms with van der Waals surface area (Å²) in [5.74, 6) is -0.674. The monoisotopic (exact) mass is 568 g/mol.